The molecule has 30 heavy (non-hydrogen) atoms. The average Bonchev–Trinajstić information content (AvgIpc) is 2.70. The number of hydrogen-bond donors (Lipinski definition) is 1. The van der Waals surface area contributed by atoms with E-state index >= 15 is 0 Å². The minimum Gasteiger partial charge on any atom is -0.368 e. The minimum absolute atomic E-state index is 0.0528. The van der Waals surface area contributed by atoms with Crippen LogP contribution in [0.25, 0.3) is 0 Å². The SMILES string of the molecule is CCN(c1cc(Cl)cc(C(=O)CCC2=C(C)C=C(C)CC2=O)c1C)C1CCNCC1. The lowest BCUT2D eigenvalue weighted by Gasteiger charge is -2.37. The molecule has 1 fully saturated rings. The maximum atomic E-state index is 13.1. The lowest BCUT2D eigenvalue weighted by atomic mass is 9.88. The molecule has 1 aromatic rings. The van der Waals surface area contributed by atoms with Gasteiger partial charge in [0, 0.05) is 41.7 Å². The van der Waals surface area contributed by atoms with Crippen LogP contribution in [0, 0.1) is 6.92 Å². The molecule has 1 N–H and O–H groups in total. The Kier molecular flexibility index (Phi) is 7.54. The number of allylic oxidation sites excluding steroid dienone is 4. The number of anilines is 1. The Balaban J connectivity index is 1.83. The third-order valence-electron chi connectivity index (χ3n) is 6.36. The Labute approximate surface area is 185 Å². The molecule has 0 spiro atoms. The highest BCUT2D eigenvalue weighted by molar-refractivity contribution is 6.31. The summed E-state index contributed by atoms with van der Waals surface area (Å²) in [6.45, 7) is 11.0. The number of piperidine rings is 1. The summed E-state index contributed by atoms with van der Waals surface area (Å²) in [7, 11) is 0. The normalized spacial score (nSPS) is 17.9. The van der Waals surface area contributed by atoms with Gasteiger partial charge in [-0.2, -0.15) is 0 Å². The van der Waals surface area contributed by atoms with Gasteiger partial charge in [-0.15, -0.1) is 0 Å². The minimum atomic E-state index is 0.0528. The van der Waals surface area contributed by atoms with Gasteiger partial charge in [-0.1, -0.05) is 23.3 Å². The number of Topliss-reactive ketones (excluding diaryl/α,β-unsaturated/α-hetero) is 2. The molecular formula is C25H33ClN2O2. The fraction of sp³-hybridized carbons (Fsp3) is 0.520. The number of rotatable bonds is 7. The maximum Gasteiger partial charge on any atom is 0.163 e. The molecule has 0 aromatic heterocycles. The Morgan fingerprint density at radius 1 is 1.20 bits per heavy atom. The highest BCUT2D eigenvalue weighted by atomic mass is 35.5. The molecule has 162 valence electrons. The smallest absolute Gasteiger partial charge is 0.163 e. The molecule has 1 aromatic carbocycles. The number of hydrogen-bond acceptors (Lipinski definition) is 4. The topological polar surface area (TPSA) is 49.4 Å². The molecular weight excluding hydrogens is 396 g/mol. The van der Waals surface area contributed by atoms with E-state index in [2.05, 4.69) is 23.2 Å². The van der Waals surface area contributed by atoms with Crippen molar-refractivity contribution >= 4 is 28.9 Å². The summed E-state index contributed by atoms with van der Waals surface area (Å²) in [5.41, 5.74) is 5.59. The molecule has 1 heterocycles. The number of nitrogens with one attached hydrogen (secondary N) is 1. The summed E-state index contributed by atoms with van der Waals surface area (Å²) in [6, 6.07) is 4.23. The number of carbonyl (C=O) groups is 2. The highest BCUT2D eigenvalue weighted by Gasteiger charge is 2.25. The van der Waals surface area contributed by atoms with Gasteiger partial charge in [-0.05, 0) is 88.9 Å². The number of ketones is 2. The van der Waals surface area contributed by atoms with Gasteiger partial charge in [0.15, 0.2) is 11.6 Å². The van der Waals surface area contributed by atoms with Crippen molar-refractivity contribution < 1.29 is 9.59 Å². The van der Waals surface area contributed by atoms with Gasteiger partial charge in [-0.25, -0.2) is 0 Å². The quantitative estimate of drug-likeness (QED) is 0.588. The Morgan fingerprint density at radius 3 is 2.53 bits per heavy atom. The first-order chi connectivity index (χ1) is 14.3. The van der Waals surface area contributed by atoms with Crippen LogP contribution in [0.5, 0.6) is 0 Å². The van der Waals surface area contributed by atoms with E-state index in [9.17, 15) is 9.59 Å². The van der Waals surface area contributed by atoms with Gasteiger partial charge in [0.1, 0.15) is 0 Å². The van der Waals surface area contributed by atoms with Crippen molar-refractivity contribution in [2.24, 2.45) is 0 Å². The molecule has 0 saturated carbocycles. The molecule has 1 aliphatic carbocycles. The summed E-state index contributed by atoms with van der Waals surface area (Å²) in [4.78, 5) is 27.9. The molecule has 0 atom stereocenters. The summed E-state index contributed by atoms with van der Waals surface area (Å²) < 4.78 is 0. The molecule has 3 rings (SSSR count). The first-order valence-corrected chi connectivity index (χ1v) is 11.4. The van der Waals surface area contributed by atoms with E-state index in [1.807, 2.05) is 26.8 Å². The maximum absolute atomic E-state index is 13.1. The Bertz CT molecular complexity index is 895. The van der Waals surface area contributed by atoms with Crippen molar-refractivity contribution in [3.8, 4) is 0 Å². The van der Waals surface area contributed by atoms with Crippen molar-refractivity contribution in [2.45, 2.75) is 65.8 Å². The molecule has 1 aliphatic heterocycles. The van der Waals surface area contributed by atoms with Gasteiger partial charge in [0.25, 0.3) is 0 Å². The zero-order valence-electron chi connectivity index (χ0n) is 18.6. The number of nitrogens with zero attached hydrogens (tertiary/aromatic N) is 1. The standard InChI is InChI=1S/C25H33ClN2O2/c1-5-28(20-8-10-27-11-9-20)23-15-19(26)14-22(18(23)4)24(29)7-6-21-17(3)12-16(2)13-25(21)30/h12,14-15,20,27H,5-11,13H2,1-4H3. The molecule has 0 amide bonds. The van der Waals surface area contributed by atoms with Gasteiger partial charge < -0.3 is 10.2 Å². The van der Waals surface area contributed by atoms with Crippen LogP contribution in [0.1, 0.15) is 68.8 Å². The monoisotopic (exact) mass is 428 g/mol. The second kappa shape index (κ2) is 9.93. The number of halogens is 1. The fourth-order valence-corrected chi connectivity index (χ4v) is 5.01. The fourth-order valence-electron chi connectivity index (χ4n) is 4.79. The van der Waals surface area contributed by atoms with Crippen LogP contribution in [0.15, 0.2) is 34.9 Å². The van der Waals surface area contributed by atoms with Crippen LogP contribution >= 0.6 is 11.6 Å². The van der Waals surface area contributed by atoms with E-state index in [0.29, 0.717) is 35.9 Å². The van der Waals surface area contributed by atoms with Crippen molar-refractivity contribution in [3.05, 3.63) is 51.1 Å². The molecule has 0 unspecified atom stereocenters. The molecule has 1 saturated heterocycles. The van der Waals surface area contributed by atoms with Gasteiger partial charge in [-0.3, -0.25) is 9.59 Å². The van der Waals surface area contributed by atoms with Crippen LogP contribution in [0.2, 0.25) is 5.02 Å². The lowest BCUT2D eigenvalue weighted by Crippen LogP contribution is -2.43. The summed E-state index contributed by atoms with van der Waals surface area (Å²) in [6.07, 6.45) is 5.51. The lowest BCUT2D eigenvalue weighted by molar-refractivity contribution is -0.115. The average molecular weight is 429 g/mol. The van der Waals surface area contributed by atoms with Crippen LogP contribution in [0.3, 0.4) is 0 Å². The van der Waals surface area contributed by atoms with Crippen LogP contribution in [-0.4, -0.2) is 37.2 Å². The first kappa shape index (κ1) is 22.8. The third-order valence-corrected chi connectivity index (χ3v) is 6.58. The molecule has 4 nitrogen and oxygen atoms in total. The predicted octanol–water partition coefficient (Wildman–Crippen LogP) is 5.43. The second-order valence-corrected chi connectivity index (χ2v) is 8.98. The molecule has 2 aliphatic rings. The van der Waals surface area contributed by atoms with Crippen molar-refractivity contribution in [1.29, 1.82) is 0 Å². The van der Waals surface area contributed by atoms with Crippen molar-refractivity contribution in [2.75, 3.05) is 24.5 Å². The van der Waals surface area contributed by atoms with Gasteiger partial charge in [0.05, 0.1) is 0 Å². The molecule has 0 radical (unpaired) electrons. The van der Waals surface area contributed by atoms with E-state index in [0.717, 1.165) is 60.4 Å². The highest BCUT2D eigenvalue weighted by Crippen LogP contribution is 2.32. The van der Waals surface area contributed by atoms with E-state index in [1.165, 1.54) is 0 Å². The Morgan fingerprint density at radius 2 is 1.90 bits per heavy atom. The van der Waals surface area contributed by atoms with E-state index < -0.39 is 0 Å². The third kappa shape index (κ3) is 5.04. The summed E-state index contributed by atoms with van der Waals surface area (Å²) in [5.74, 6) is 0.198. The second-order valence-electron chi connectivity index (χ2n) is 8.54. The first-order valence-electron chi connectivity index (χ1n) is 11.0. The predicted molar refractivity (Wildman–Crippen MR) is 125 cm³/mol. The van der Waals surface area contributed by atoms with Crippen LogP contribution in [-0.2, 0) is 4.79 Å². The van der Waals surface area contributed by atoms with E-state index in [-0.39, 0.29) is 11.6 Å². The zero-order valence-corrected chi connectivity index (χ0v) is 19.4. The van der Waals surface area contributed by atoms with Crippen molar-refractivity contribution in [1.82, 2.24) is 5.32 Å². The number of carbonyl (C=O) groups excluding carboxylic acids is 2. The molecule has 5 heteroatoms. The largest absolute Gasteiger partial charge is 0.368 e. The van der Waals surface area contributed by atoms with E-state index in [4.69, 9.17) is 11.6 Å². The summed E-state index contributed by atoms with van der Waals surface area (Å²) >= 11 is 6.45. The zero-order chi connectivity index (χ0) is 21.8. The number of benzene rings is 1. The van der Waals surface area contributed by atoms with Crippen LogP contribution in [0.4, 0.5) is 5.69 Å². The van der Waals surface area contributed by atoms with Gasteiger partial charge in [0.2, 0.25) is 0 Å². The Hall–Kier alpha value is -1.91. The summed E-state index contributed by atoms with van der Waals surface area (Å²) in [5, 5.41) is 4.01. The van der Waals surface area contributed by atoms with Gasteiger partial charge >= 0.3 is 0 Å². The van der Waals surface area contributed by atoms with E-state index in [1.54, 1.807) is 6.07 Å². The molecule has 0 bridgehead atoms. The van der Waals surface area contributed by atoms with Crippen LogP contribution < -0.4 is 10.2 Å². The van der Waals surface area contributed by atoms with Crippen molar-refractivity contribution in [3.63, 3.8) is 0 Å².